The van der Waals surface area contributed by atoms with Crippen LogP contribution < -0.4 is 20.5 Å². The Balaban J connectivity index is 2.31. The van der Waals surface area contributed by atoms with E-state index in [1.54, 1.807) is 25.2 Å². The van der Waals surface area contributed by atoms with E-state index in [0.29, 0.717) is 28.6 Å². The highest BCUT2D eigenvalue weighted by Gasteiger charge is 2.15. The Bertz CT molecular complexity index is 679. The first-order chi connectivity index (χ1) is 9.96. The molecule has 1 amide bonds. The van der Waals surface area contributed by atoms with Crippen LogP contribution in [-0.4, -0.2) is 29.9 Å². The largest absolute Gasteiger partial charge is 0.493 e. The Morgan fingerprint density at radius 3 is 2.38 bits per heavy atom. The molecule has 21 heavy (non-hydrogen) atoms. The molecule has 0 aliphatic carbocycles. The summed E-state index contributed by atoms with van der Waals surface area (Å²) in [6.07, 6.45) is 0. The monoisotopic (exact) mass is 290 g/mol. The predicted molar refractivity (Wildman–Crippen MR) is 79.9 cm³/mol. The van der Waals surface area contributed by atoms with Gasteiger partial charge in [-0.15, -0.1) is 0 Å². The van der Waals surface area contributed by atoms with Gasteiger partial charge in [0.2, 0.25) is 0 Å². The zero-order valence-electron chi connectivity index (χ0n) is 12.4. The van der Waals surface area contributed by atoms with Crippen LogP contribution in [0.5, 0.6) is 11.5 Å². The van der Waals surface area contributed by atoms with Gasteiger partial charge in [-0.25, -0.2) is 0 Å². The number of carbonyl (C=O) groups is 1. The van der Waals surface area contributed by atoms with Crippen LogP contribution in [0, 0.1) is 6.92 Å². The van der Waals surface area contributed by atoms with Gasteiger partial charge < -0.3 is 20.5 Å². The third-order valence-electron chi connectivity index (χ3n) is 3.04. The number of aryl methyl sites for hydroxylation is 2. The standard InChI is InChI=1S/C14H18N4O3/c1-8-5-11(18(2)17-8)14(19)16-10-7-13(21-4)12(20-3)6-9(10)15/h5-7H,15H2,1-4H3,(H,16,19). The van der Waals surface area contributed by atoms with E-state index in [0.717, 1.165) is 5.69 Å². The first kappa shape index (κ1) is 14.7. The molecule has 0 unspecified atom stereocenters. The van der Waals surface area contributed by atoms with E-state index in [1.807, 2.05) is 6.92 Å². The van der Waals surface area contributed by atoms with Gasteiger partial charge in [0.25, 0.3) is 5.91 Å². The van der Waals surface area contributed by atoms with Crippen LogP contribution in [0.25, 0.3) is 0 Å². The molecule has 0 atom stereocenters. The lowest BCUT2D eigenvalue weighted by Crippen LogP contribution is -2.17. The molecule has 1 heterocycles. The number of rotatable bonds is 4. The quantitative estimate of drug-likeness (QED) is 0.834. The molecular weight excluding hydrogens is 272 g/mol. The number of hydrogen-bond acceptors (Lipinski definition) is 5. The average Bonchev–Trinajstić information content (AvgIpc) is 2.79. The fraction of sp³-hybridized carbons (Fsp3) is 0.286. The molecule has 2 aromatic rings. The molecule has 0 aliphatic rings. The molecule has 0 spiro atoms. The van der Waals surface area contributed by atoms with Gasteiger partial charge in [0.05, 0.1) is 31.3 Å². The number of nitrogens with two attached hydrogens (primary N) is 1. The number of carbonyl (C=O) groups excluding carboxylic acids is 1. The summed E-state index contributed by atoms with van der Waals surface area (Å²) in [4.78, 5) is 12.3. The van der Waals surface area contributed by atoms with Crippen LogP contribution in [0.3, 0.4) is 0 Å². The number of methoxy groups -OCH3 is 2. The normalized spacial score (nSPS) is 10.3. The topological polar surface area (TPSA) is 91.4 Å². The van der Waals surface area contributed by atoms with E-state index in [-0.39, 0.29) is 5.91 Å². The molecule has 2 rings (SSSR count). The maximum absolute atomic E-state index is 12.3. The molecule has 0 saturated heterocycles. The third kappa shape index (κ3) is 2.91. The summed E-state index contributed by atoms with van der Waals surface area (Å²) < 4.78 is 11.9. The van der Waals surface area contributed by atoms with E-state index in [1.165, 1.54) is 18.9 Å². The highest BCUT2D eigenvalue weighted by Crippen LogP contribution is 2.34. The van der Waals surface area contributed by atoms with E-state index < -0.39 is 0 Å². The minimum absolute atomic E-state index is 0.294. The van der Waals surface area contributed by atoms with Gasteiger partial charge in [-0.3, -0.25) is 9.48 Å². The maximum atomic E-state index is 12.3. The Kier molecular flexibility index (Phi) is 4.02. The Labute approximate surface area is 122 Å². The van der Waals surface area contributed by atoms with Gasteiger partial charge >= 0.3 is 0 Å². The Morgan fingerprint density at radius 1 is 1.24 bits per heavy atom. The van der Waals surface area contributed by atoms with Gasteiger partial charge in [-0.2, -0.15) is 5.10 Å². The van der Waals surface area contributed by atoms with Gasteiger partial charge in [-0.05, 0) is 13.0 Å². The molecule has 3 N–H and O–H groups in total. The highest BCUT2D eigenvalue weighted by atomic mass is 16.5. The van der Waals surface area contributed by atoms with Crippen molar-refractivity contribution in [3.05, 3.63) is 29.6 Å². The number of amides is 1. The van der Waals surface area contributed by atoms with Crippen molar-refractivity contribution in [2.24, 2.45) is 7.05 Å². The predicted octanol–water partition coefficient (Wildman–Crippen LogP) is 1.58. The Morgan fingerprint density at radius 2 is 1.86 bits per heavy atom. The van der Waals surface area contributed by atoms with Gasteiger partial charge in [0.15, 0.2) is 11.5 Å². The number of nitrogens with zero attached hydrogens (tertiary/aromatic N) is 2. The minimum atomic E-state index is -0.294. The van der Waals surface area contributed by atoms with Crippen LogP contribution >= 0.6 is 0 Å². The molecule has 1 aromatic carbocycles. The summed E-state index contributed by atoms with van der Waals surface area (Å²) in [5.74, 6) is 0.699. The Hall–Kier alpha value is -2.70. The van der Waals surface area contributed by atoms with E-state index in [4.69, 9.17) is 15.2 Å². The van der Waals surface area contributed by atoms with Crippen molar-refractivity contribution < 1.29 is 14.3 Å². The van der Waals surface area contributed by atoms with Crippen LogP contribution in [0.2, 0.25) is 0 Å². The molecule has 0 radical (unpaired) electrons. The van der Waals surface area contributed by atoms with Crippen molar-refractivity contribution in [2.75, 3.05) is 25.3 Å². The lowest BCUT2D eigenvalue weighted by atomic mass is 10.2. The molecule has 0 saturated carbocycles. The van der Waals surface area contributed by atoms with Crippen molar-refractivity contribution in [3.63, 3.8) is 0 Å². The van der Waals surface area contributed by atoms with Crippen LogP contribution in [0.1, 0.15) is 16.2 Å². The second-order valence-corrected chi connectivity index (χ2v) is 4.54. The molecule has 0 fully saturated rings. The van der Waals surface area contributed by atoms with E-state index in [2.05, 4.69) is 10.4 Å². The molecule has 0 aliphatic heterocycles. The van der Waals surface area contributed by atoms with Gasteiger partial charge in [-0.1, -0.05) is 0 Å². The molecule has 7 nitrogen and oxygen atoms in total. The molecule has 112 valence electrons. The number of hydrogen-bond donors (Lipinski definition) is 2. The molecule has 1 aromatic heterocycles. The maximum Gasteiger partial charge on any atom is 0.273 e. The van der Waals surface area contributed by atoms with E-state index in [9.17, 15) is 4.79 Å². The van der Waals surface area contributed by atoms with Gasteiger partial charge in [0.1, 0.15) is 5.69 Å². The number of aromatic nitrogens is 2. The fourth-order valence-electron chi connectivity index (χ4n) is 2.01. The number of nitrogen functional groups attached to an aromatic ring is 1. The third-order valence-corrected chi connectivity index (χ3v) is 3.04. The van der Waals surface area contributed by atoms with Gasteiger partial charge in [0, 0.05) is 19.2 Å². The number of anilines is 2. The number of ether oxygens (including phenoxy) is 2. The first-order valence-corrected chi connectivity index (χ1v) is 6.29. The summed E-state index contributed by atoms with van der Waals surface area (Å²) >= 11 is 0. The zero-order valence-corrected chi connectivity index (χ0v) is 12.4. The lowest BCUT2D eigenvalue weighted by Gasteiger charge is -2.13. The molecule has 0 bridgehead atoms. The van der Waals surface area contributed by atoms with Crippen molar-refractivity contribution in [3.8, 4) is 11.5 Å². The smallest absolute Gasteiger partial charge is 0.273 e. The average molecular weight is 290 g/mol. The summed E-state index contributed by atoms with van der Waals surface area (Å²) in [6, 6.07) is 4.92. The highest BCUT2D eigenvalue weighted by molar-refractivity contribution is 6.05. The van der Waals surface area contributed by atoms with Crippen molar-refractivity contribution >= 4 is 17.3 Å². The van der Waals surface area contributed by atoms with E-state index >= 15 is 0 Å². The zero-order chi connectivity index (χ0) is 15.6. The molecule has 7 heteroatoms. The van der Waals surface area contributed by atoms with Crippen molar-refractivity contribution in [2.45, 2.75) is 6.92 Å². The summed E-state index contributed by atoms with van der Waals surface area (Å²) in [5, 5.41) is 6.88. The summed E-state index contributed by atoms with van der Waals surface area (Å²) in [5.41, 5.74) is 7.97. The summed E-state index contributed by atoms with van der Waals surface area (Å²) in [7, 11) is 4.75. The minimum Gasteiger partial charge on any atom is -0.493 e. The second kappa shape index (κ2) is 5.74. The van der Waals surface area contributed by atoms with Crippen LogP contribution in [-0.2, 0) is 7.05 Å². The SMILES string of the molecule is COc1cc(N)c(NC(=O)c2cc(C)nn2C)cc1OC. The van der Waals surface area contributed by atoms with Crippen LogP contribution in [0.15, 0.2) is 18.2 Å². The summed E-state index contributed by atoms with van der Waals surface area (Å²) in [6.45, 7) is 1.82. The lowest BCUT2D eigenvalue weighted by molar-refractivity contribution is 0.101. The molecular formula is C14H18N4O3. The van der Waals surface area contributed by atoms with Crippen molar-refractivity contribution in [1.82, 2.24) is 9.78 Å². The van der Waals surface area contributed by atoms with Crippen molar-refractivity contribution in [1.29, 1.82) is 0 Å². The number of nitrogens with one attached hydrogen (secondary N) is 1. The number of benzene rings is 1. The van der Waals surface area contributed by atoms with Crippen LogP contribution in [0.4, 0.5) is 11.4 Å². The fourth-order valence-corrected chi connectivity index (χ4v) is 2.01. The second-order valence-electron chi connectivity index (χ2n) is 4.54. The first-order valence-electron chi connectivity index (χ1n) is 6.29.